The molecule has 0 saturated heterocycles. The van der Waals surface area contributed by atoms with Gasteiger partial charge in [0.2, 0.25) is 0 Å². The first kappa shape index (κ1) is 22.8. The van der Waals surface area contributed by atoms with Crippen LogP contribution in [0, 0.1) is 5.82 Å². The van der Waals surface area contributed by atoms with E-state index in [1.54, 1.807) is 29.5 Å². The van der Waals surface area contributed by atoms with Crippen LogP contribution in [-0.2, 0) is 12.8 Å². The Morgan fingerprint density at radius 3 is 2.73 bits per heavy atom. The van der Waals surface area contributed by atoms with E-state index in [-0.39, 0.29) is 36.1 Å². The third kappa shape index (κ3) is 7.16. The fourth-order valence-corrected chi connectivity index (χ4v) is 3.14. The fourth-order valence-electron chi connectivity index (χ4n) is 2.28. The summed E-state index contributed by atoms with van der Waals surface area (Å²) in [5.74, 6) is 0.184. The van der Waals surface area contributed by atoms with Gasteiger partial charge in [0.15, 0.2) is 5.96 Å². The third-order valence-electron chi connectivity index (χ3n) is 3.61. The highest BCUT2D eigenvalue weighted by atomic mass is 127. The number of thiazole rings is 1. The van der Waals surface area contributed by atoms with Crippen molar-refractivity contribution in [2.45, 2.75) is 32.8 Å². The largest absolute Gasteiger partial charge is 0.386 e. The normalized spacial score (nSPS) is 12.4. The van der Waals surface area contributed by atoms with Gasteiger partial charge in [-0.2, -0.15) is 0 Å². The summed E-state index contributed by atoms with van der Waals surface area (Å²) in [6, 6.07) is 6.21. The molecule has 0 amide bonds. The summed E-state index contributed by atoms with van der Waals surface area (Å²) in [4.78, 5) is 10.0. The molecule has 0 aliphatic rings. The molecule has 0 saturated carbocycles. The quantitative estimate of drug-likeness (QED) is 0.301. The summed E-state index contributed by atoms with van der Waals surface area (Å²) >= 11 is 1.72. The number of hydrogen-bond acceptors (Lipinski definition) is 4. The molecule has 0 aliphatic heterocycles. The van der Waals surface area contributed by atoms with Crippen molar-refractivity contribution < 1.29 is 9.50 Å². The van der Waals surface area contributed by atoms with Gasteiger partial charge in [-0.1, -0.05) is 25.1 Å². The van der Waals surface area contributed by atoms with E-state index in [2.05, 4.69) is 27.5 Å². The molecule has 5 nitrogen and oxygen atoms in total. The van der Waals surface area contributed by atoms with Crippen molar-refractivity contribution in [1.82, 2.24) is 15.6 Å². The van der Waals surface area contributed by atoms with Gasteiger partial charge in [0.25, 0.3) is 0 Å². The molecule has 1 aromatic carbocycles. The summed E-state index contributed by atoms with van der Waals surface area (Å²) in [7, 11) is 0. The number of guanidine groups is 1. The molecule has 144 valence electrons. The molecule has 0 radical (unpaired) electrons. The van der Waals surface area contributed by atoms with Crippen LogP contribution in [0.2, 0.25) is 0 Å². The minimum Gasteiger partial charge on any atom is -0.386 e. The lowest BCUT2D eigenvalue weighted by atomic mass is 10.1. The van der Waals surface area contributed by atoms with Gasteiger partial charge < -0.3 is 15.7 Å². The van der Waals surface area contributed by atoms with Gasteiger partial charge in [0.1, 0.15) is 11.9 Å². The van der Waals surface area contributed by atoms with Gasteiger partial charge >= 0.3 is 0 Å². The van der Waals surface area contributed by atoms with E-state index in [1.165, 1.54) is 10.9 Å². The lowest BCUT2D eigenvalue weighted by molar-refractivity contribution is 0.182. The summed E-state index contributed by atoms with van der Waals surface area (Å²) < 4.78 is 13.7. The summed E-state index contributed by atoms with van der Waals surface area (Å²) in [5, 5.41) is 17.6. The van der Waals surface area contributed by atoms with Crippen molar-refractivity contribution in [3.63, 3.8) is 0 Å². The first-order chi connectivity index (χ1) is 12.1. The van der Waals surface area contributed by atoms with E-state index < -0.39 is 11.9 Å². The first-order valence-electron chi connectivity index (χ1n) is 8.52. The van der Waals surface area contributed by atoms with Gasteiger partial charge in [-0.05, 0) is 19.4 Å². The summed E-state index contributed by atoms with van der Waals surface area (Å²) in [6.07, 6.45) is 2.76. The molecule has 3 N–H and O–H groups in total. The Balaban J connectivity index is 0.00000338. The van der Waals surface area contributed by atoms with Crippen LogP contribution in [0.15, 0.2) is 35.5 Å². The standard InChI is InChI=1S/C18H25FN4OS.HI/c1-3-13-11-22-17(25-13)9-10-21-18(20-4-2)23-12-16(24)14-7-5-6-8-15(14)19;/h5-8,11,16,24H,3-4,9-10,12H2,1-2H3,(H2,20,21,23);1H. The molecule has 0 fully saturated rings. The molecular formula is C18H26FIN4OS. The lowest BCUT2D eigenvalue weighted by Gasteiger charge is -2.13. The SMILES string of the molecule is CCNC(=NCC(O)c1ccccc1F)NCCc1ncc(CC)s1.I. The third-order valence-corrected chi connectivity index (χ3v) is 4.81. The molecule has 1 atom stereocenters. The fraction of sp³-hybridized carbons (Fsp3) is 0.444. The highest BCUT2D eigenvalue weighted by Crippen LogP contribution is 2.16. The van der Waals surface area contributed by atoms with E-state index in [0.29, 0.717) is 19.0 Å². The monoisotopic (exact) mass is 492 g/mol. The number of aliphatic hydroxyl groups is 1. The average molecular weight is 492 g/mol. The zero-order valence-electron chi connectivity index (χ0n) is 15.0. The first-order valence-corrected chi connectivity index (χ1v) is 9.33. The van der Waals surface area contributed by atoms with Crippen LogP contribution in [0.1, 0.15) is 35.4 Å². The Hall–Kier alpha value is -1.26. The molecule has 1 heterocycles. The smallest absolute Gasteiger partial charge is 0.191 e. The van der Waals surface area contributed by atoms with Gasteiger partial charge in [-0.25, -0.2) is 9.37 Å². The zero-order chi connectivity index (χ0) is 18.1. The number of nitrogens with one attached hydrogen (secondary N) is 2. The Morgan fingerprint density at radius 2 is 2.08 bits per heavy atom. The Kier molecular flexibility index (Phi) is 10.7. The molecule has 8 heteroatoms. The van der Waals surface area contributed by atoms with Crippen LogP contribution < -0.4 is 10.6 Å². The van der Waals surface area contributed by atoms with Crippen LogP contribution in [0.4, 0.5) is 4.39 Å². The maximum absolute atomic E-state index is 13.7. The number of aryl methyl sites for hydroxylation is 1. The van der Waals surface area contributed by atoms with Gasteiger partial charge in [-0.15, -0.1) is 35.3 Å². The molecule has 26 heavy (non-hydrogen) atoms. The highest BCUT2D eigenvalue weighted by Gasteiger charge is 2.12. The minimum absolute atomic E-state index is 0. The maximum Gasteiger partial charge on any atom is 0.191 e. The van der Waals surface area contributed by atoms with Crippen molar-refractivity contribution in [2.24, 2.45) is 4.99 Å². The summed E-state index contributed by atoms with van der Waals surface area (Å²) in [6.45, 7) is 5.58. The minimum atomic E-state index is -0.970. The van der Waals surface area contributed by atoms with Crippen LogP contribution in [0.25, 0.3) is 0 Å². The highest BCUT2D eigenvalue weighted by molar-refractivity contribution is 14.0. The van der Waals surface area contributed by atoms with E-state index in [9.17, 15) is 9.50 Å². The predicted octanol–water partition coefficient (Wildman–Crippen LogP) is 3.29. The molecule has 1 unspecified atom stereocenters. The van der Waals surface area contributed by atoms with Gasteiger partial charge in [-0.3, -0.25) is 4.99 Å². The molecular weight excluding hydrogens is 466 g/mol. The second kappa shape index (κ2) is 12.2. The van der Waals surface area contributed by atoms with Gasteiger partial charge in [0.05, 0.1) is 11.6 Å². The zero-order valence-corrected chi connectivity index (χ0v) is 18.2. The van der Waals surface area contributed by atoms with Crippen LogP contribution >= 0.6 is 35.3 Å². The topological polar surface area (TPSA) is 69.5 Å². The Labute approximate surface area is 175 Å². The molecule has 2 rings (SSSR count). The van der Waals surface area contributed by atoms with Crippen molar-refractivity contribution in [1.29, 1.82) is 0 Å². The molecule has 2 aromatic rings. The van der Waals surface area contributed by atoms with Crippen LogP contribution in [-0.4, -0.2) is 35.7 Å². The second-order valence-corrected chi connectivity index (χ2v) is 6.71. The number of nitrogens with zero attached hydrogens (tertiary/aromatic N) is 2. The van der Waals surface area contributed by atoms with Crippen molar-refractivity contribution in [3.05, 3.63) is 51.7 Å². The molecule has 1 aromatic heterocycles. The van der Waals surface area contributed by atoms with E-state index in [1.807, 2.05) is 13.1 Å². The molecule has 0 aliphatic carbocycles. The Bertz CT molecular complexity index is 695. The number of benzene rings is 1. The van der Waals surface area contributed by atoms with E-state index in [0.717, 1.165) is 17.8 Å². The summed E-state index contributed by atoms with van der Waals surface area (Å²) in [5.41, 5.74) is 0.261. The van der Waals surface area contributed by atoms with Gasteiger partial charge in [0, 0.05) is 36.1 Å². The number of rotatable bonds is 8. The number of aliphatic hydroxyl groups excluding tert-OH is 1. The van der Waals surface area contributed by atoms with Crippen LogP contribution in [0.5, 0.6) is 0 Å². The van der Waals surface area contributed by atoms with E-state index in [4.69, 9.17) is 0 Å². The molecule has 0 bridgehead atoms. The predicted molar refractivity (Wildman–Crippen MR) is 116 cm³/mol. The molecule has 0 spiro atoms. The van der Waals surface area contributed by atoms with E-state index >= 15 is 0 Å². The lowest BCUT2D eigenvalue weighted by Crippen LogP contribution is -2.38. The number of halogens is 2. The van der Waals surface area contributed by atoms with Crippen molar-refractivity contribution >= 4 is 41.3 Å². The number of aromatic nitrogens is 1. The second-order valence-electron chi connectivity index (χ2n) is 5.51. The van der Waals surface area contributed by atoms with Crippen LogP contribution in [0.3, 0.4) is 0 Å². The number of hydrogen-bond donors (Lipinski definition) is 3. The Morgan fingerprint density at radius 1 is 1.31 bits per heavy atom. The number of aliphatic imine (C=N–C) groups is 1. The average Bonchev–Trinajstić information content (AvgIpc) is 3.08. The van der Waals surface area contributed by atoms with Crippen molar-refractivity contribution in [2.75, 3.05) is 19.6 Å². The van der Waals surface area contributed by atoms with Crippen molar-refractivity contribution in [3.8, 4) is 0 Å². The maximum atomic E-state index is 13.7.